The molecule has 0 atom stereocenters. The molecule has 30 heavy (non-hydrogen) atoms. The number of hydrogen-bond acceptors (Lipinski definition) is 5. The highest BCUT2D eigenvalue weighted by molar-refractivity contribution is 5.84. The van der Waals surface area contributed by atoms with E-state index in [1.807, 2.05) is 12.3 Å². The summed E-state index contributed by atoms with van der Waals surface area (Å²) >= 11 is 0. The van der Waals surface area contributed by atoms with Crippen LogP contribution in [0.3, 0.4) is 0 Å². The monoisotopic (exact) mass is 402 g/mol. The fraction of sp³-hybridized carbons (Fsp3) is 0.348. The van der Waals surface area contributed by atoms with E-state index in [0.717, 1.165) is 32.6 Å². The van der Waals surface area contributed by atoms with Crippen molar-refractivity contribution in [2.24, 2.45) is 7.05 Å². The largest absolute Gasteiger partial charge is 0.350 e. The van der Waals surface area contributed by atoms with Crippen molar-refractivity contribution in [2.45, 2.75) is 13.0 Å². The standard InChI is InChI=1S/C23H26N6O/c1-26-11-13-29(14-12-26)23-24-15-19-20(25-23)8-10-28(22(19)30)9-7-17-16-27(2)21-6-4-3-5-18(17)21/h3-6,8,10,15-16H,7,9,11-14H2,1-2H3. The molecule has 1 aromatic carbocycles. The summed E-state index contributed by atoms with van der Waals surface area (Å²) in [4.78, 5) is 26.7. The molecule has 1 saturated heterocycles. The van der Waals surface area contributed by atoms with Gasteiger partial charge in [0.15, 0.2) is 0 Å². The molecule has 4 heterocycles. The summed E-state index contributed by atoms with van der Waals surface area (Å²) in [6, 6.07) is 10.3. The normalized spacial score (nSPS) is 15.3. The predicted molar refractivity (Wildman–Crippen MR) is 120 cm³/mol. The lowest BCUT2D eigenvalue weighted by atomic mass is 10.1. The summed E-state index contributed by atoms with van der Waals surface area (Å²) in [6.07, 6.45) is 6.50. The van der Waals surface area contributed by atoms with Gasteiger partial charge in [0.2, 0.25) is 5.95 Å². The topological polar surface area (TPSA) is 59.2 Å². The Hall–Kier alpha value is -3.19. The molecule has 1 fully saturated rings. The van der Waals surface area contributed by atoms with E-state index in [9.17, 15) is 4.79 Å². The van der Waals surface area contributed by atoms with E-state index in [-0.39, 0.29) is 5.56 Å². The third-order valence-corrected chi connectivity index (χ3v) is 6.10. The van der Waals surface area contributed by atoms with Crippen LogP contribution in [0.15, 0.2) is 53.7 Å². The highest BCUT2D eigenvalue weighted by Gasteiger charge is 2.17. The zero-order chi connectivity index (χ0) is 20.7. The van der Waals surface area contributed by atoms with Crippen molar-refractivity contribution in [2.75, 3.05) is 38.1 Å². The van der Waals surface area contributed by atoms with E-state index in [0.29, 0.717) is 23.4 Å². The molecule has 0 amide bonds. The maximum Gasteiger partial charge on any atom is 0.261 e. The lowest BCUT2D eigenvalue weighted by molar-refractivity contribution is 0.311. The average Bonchev–Trinajstić information content (AvgIpc) is 3.09. The first-order chi connectivity index (χ1) is 14.6. The molecule has 0 radical (unpaired) electrons. The van der Waals surface area contributed by atoms with Crippen molar-refractivity contribution in [3.05, 3.63) is 64.8 Å². The van der Waals surface area contributed by atoms with E-state index in [1.54, 1.807) is 10.8 Å². The minimum atomic E-state index is -0.0299. The third-order valence-electron chi connectivity index (χ3n) is 6.10. The van der Waals surface area contributed by atoms with Gasteiger partial charge in [-0.15, -0.1) is 0 Å². The van der Waals surface area contributed by atoms with Gasteiger partial charge in [0.1, 0.15) is 0 Å². The molecule has 4 aromatic rings. The third kappa shape index (κ3) is 3.35. The summed E-state index contributed by atoms with van der Waals surface area (Å²) in [7, 11) is 4.18. The van der Waals surface area contributed by atoms with Gasteiger partial charge in [-0.1, -0.05) is 18.2 Å². The quantitative estimate of drug-likeness (QED) is 0.524. The van der Waals surface area contributed by atoms with E-state index < -0.39 is 0 Å². The molecule has 154 valence electrons. The van der Waals surface area contributed by atoms with Crippen molar-refractivity contribution < 1.29 is 0 Å². The Labute approximate surface area is 175 Å². The summed E-state index contributed by atoms with van der Waals surface area (Å²) in [5, 5.41) is 1.82. The fourth-order valence-corrected chi connectivity index (χ4v) is 4.26. The molecule has 0 unspecified atom stereocenters. The maximum atomic E-state index is 13.0. The molecule has 5 rings (SSSR count). The molecular formula is C23H26N6O. The number of pyridine rings is 1. The van der Waals surface area contributed by atoms with Gasteiger partial charge >= 0.3 is 0 Å². The number of benzene rings is 1. The van der Waals surface area contributed by atoms with E-state index >= 15 is 0 Å². The Morgan fingerprint density at radius 3 is 2.63 bits per heavy atom. The van der Waals surface area contributed by atoms with Crippen LogP contribution < -0.4 is 10.5 Å². The molecule has 0 saturated carbocycles. The Kier molecular flexibility index (Phi) is 4.75. The smallest absolute Gasteiger partial charge is 0.261 e. The number of para-hydroxylation sites is 1. The van der Waals surface area contributed by atoms with Crippen LogP contribution in [0.1, 0.15) is 5.56 Å². The van der Waals surface area contributed by atoms with Gasteiger partial charge in [-0.25, -0.2) is 9.97 Å². The first-order valence-electron chi connectivity index (χ1n) is 10.4. The van der Waals surface area contributed by atoms with Gasteiger partial charge in [-0.2, -0.15) is 0 Å². The van der Waals surface area contributed by atoms with E-state index in [4.69, 9.17) is 0 Å². The molecule has 3 aromatic heterocycles. The Morgan fingerprint density at radius 2 is 1.80 bits per heavy atom. The van der Waals surface area contributed by atoms with Crippen molar-refractivity contribution in [1.29, 1.82) is 0 Å². The van der Waals surface area contributed by atoms with Gasteiger partial charge in [-0.3, -0.25) is 4.79 Å². The van der Waals surface area contributed by atoms with Crippen LogP contribution in [0, 0.1) is 0 Å². The van der Waals surface area contributed by atoms with Gasteiger partial charge < -0.3 is 18.9 Å². The summed E-state index contributed by atoms with van der Waals surface area (Å²) in [6.45, 7) is 4.44. The predicted octanol–water partition coefficient (Wildman–Crippen LogP) is 2.28. The van der Waals surface area contributed by atoms with Crippen molar-refractivity contribution in [1.82, 2.24) is 24.0 Å². The van der Waals surface area contributed by atoms with Gasteiger partial charge in [-0.05, 0) is 31.2 Å². The zero-order valence-corrected chi connectivity index (χ0v) is 17.5. The maximum absolute atomic E-state index is 13.0. The molecule has 7 heteroatoms. The SMILES string of the molecule is CN1CCN(c2ncc3c(=O)n(CCc4cn(C)c5ccccc45)ccc3n2)CC1. The average molecular weight is 403 g/mol. The summed E-state index contributed by atoms with van der Waals surface area (Å²) in [5.74, 6) is 0.712. The van der Waals surface area contributed by atoms with Crippen molar-refractivity contribution in [3.8, 4) is 0 Å². The van der Waals surface area contributed by atoms with Crippen molar-refractivity contribution >= 4 is 27.8 Å². The molecule has 1 aliphatic rings. The zero-order valence-electron chi connectivity index (χ0n) is 17.5. The minimum absolute atomic E-state index is 0.0299. The van der Waals surface area contributed by atoms with Crippen LogP contribution in [0.5, 0.6) is 0 Å². The number of nitrogens with zero attached hydrogens (tertiary/aromatic N) is 6. The molecule has 0 spiro atoms. The summed E-state index contributed by atoms with van der Waals surface area (Å²) < 4.78 is 3.91. The molecule has 0 N–H and O–H groups in total. The lowest BCUT2D eigenvalue weighted by Crippen LogP contribution is -2.45. The van der Waals surface area contributed by atoms with Gasteiger partial charge in [0.25, 0.3) is 5.56 Å². The second kappa shape index (κ2) is 7.57. The highest BCUT2D eigenvalue weighted by atomic mass is 16.1. The Morgan fingerprint density at radius 1 is 1.00 bits per heavy atom. The van der Waals surface area contributed by atoms with Crippen LogP contribution in [-0.4, -0.2) is 57.2 Å². The molecule has 1 aliphatic heterocycles. The molecule has 0 aliphatic carbocycles. The number of likely N-dealkylation sites (N-methyl/N-ethyl adjacent to an activating group) is 1. The first-order valence-corrected chi connectivity index (χ1v) is 10.4. The van der Waals surface area contributed by atoms with E-state index in [2.05, 4.69) is 68.9 Å². The number of piperazine rings is 1. The van der Waals surface area contributed by atoms with Gasteiger partial charge in [0.05, 0.1) is 10.9 Å². The number of aromatic nitrogens is 4. The van der Waals surface area contributed by atoms with Crippen LogP contribution in [-0.2, 0) is 20.0 Å². The number of hydrogen-bond donors (Lipinski definition) is 0. The second-order valence-corrected chi connectivity index (χ2v) is 8.11. The highest BCUT2D eigenvalue weighted by Crippen LogP contribution is 2.21. The molecule has 7 nitrogen and oxygen atoms in total. The van der Waals surface area contributed by atoms with Crippen LogP contribution in [0.4, 0.5) is 5.95 Å². The van der Waals surface area contributed by atoms with Crippen LogP contribution >= 0.6 is 0 Å². The Balaban J connectivity index is 1.39. The van der Waals surface area contributed by atoms with Crippen LogP contribution in [0.25, 0.3) is 21.8 Å². The fourth-order valence-electron chi connectivity index (χ4n) is 4.26. The lowest BCUT2D eigenvalue weighted by Gasteiger charge is -2.32. The van der Waals surface area contributed by atoms with Gasteiger partial charge in [0, 0.05) is 69.3 Å². The van der Waals surface area contributed by atoms with E-state index in [1.165, 1.54) is 16.5 Å². The number of aryl methyl sites for hydroxylation is 3. The molecule has 0 bridgehead atoms. The number of anilines is 1. The number of rotatable bonds is 4. The van der Waals surface area contributed by atoms with Crippen molar-refractivity contribution in [3.63, 3.8) is 0 Å². The number of fused-ring (bicyclic) bond motifs is 2. The second-order valence-electron chi connectivity index (χ2n) is 8.11. The first kappa shape index (κ1) is 18.8. The summed E-state index contributed by atoms with van der Waals surface area (Å²) in [5.41, 5.74) is 3.15. The van der Waals surface area contributed by atoms with Crippen LogP contribution in [0.2, 0.25) is 0 Å². The Bertz CT molecular complexity index is 1270. The molecular weight excluding hydrogens is 376 g/mol. The minimum Gasteiger partial charge on any atom is -0.350 e.